The van der Waals surface area contributed by atoms with Gasteiger partial charge in [0.25, 0.3) is 11.4 Å². The molecule has 1 N–H and O–H groups in total. The zero-order chi connectivity index (χ0) is 14.8. The fraction of sp³-hybridized carbons (Fsp3) is 0.455. The number of likely N-dealkylation sites (N-methyl/N-ethyl adjacent to an activating group) is 1. The van der Waals surface area contributed by atoms with Crippen molar-refractivity contribution in [2.45, 2.75) is 19.4 Å². The summed E-state index contributed by atoms with van der Waals surface area (Å²) >= 11 is 0. The van der Waals surface area contributed by atoms with E-state index in [2.05, 4.69) is 0 Å². The van der Waals surface area contributed by atoms with E-state index in [0.29, 0.717) is 0 Å². The molecule has 0 saturated heterocycles. The second kappa shape index (κ2) is 5.19. The monoisotopic (exact) mass is 269 g/mol. The van der Waals surface area contributed by atoms with E-state index in [4.69, 9.17) is 0 Å². The Bertz CT molecular complexity index is 515. The third kappa shape index (κ3) is 2.97. The minimum absolute atomic E-state index is 0.211. The second-order valence-electron chi connectivity index (χ2n) is 4.72. The first-order chi connectivity index (χ1) is 8.70. The number of non-ortho nitro benzene ring substituents is 1. The molecule has 104 valence electrons. The van der Waals surface area contributed by atoms with Gasteiger partial charge in [0, 0.05) is 13.1 Å². The van der Waals surface area contributed by atoms with E-state index >= 15 is 0 Å². The van der Waals surface area contributed by atoms with E-state index in [0.717, 1.165) is 6.07 Å². The third-order valence-corrected chi connectivity index (χ3v) is 3.02. The lowest BCUT2D eigenvalue weighted by Gasteiger charge is -2.35. The summed E-state index contributed by atoms with van der Waals surface area (Å²) in [6, 6.07) is 3.43. The highest BCUT2D eigenvalue weighted by Crippen LogP contribution is 2.34. The van der Waals surface area contributed by atoms with Crippen molar-refractivity contribution in [2.75, 3.05) is 18.6 Å². The Balaban J connectivity index is 3.36. The van der Waals surface area contributed by atoms with Crippen molar-refractivity contribution in [3.8, 4) is 0 Å². The summed E-state index contributed by atoms with van der Waals surface area (Å²) in [6.45, 7) is 3.20. The van der Waals surface area contributed by atoms with Gasteiger partial charge in [0.05, 0.1) is 28.1 Å². The Hall–Kier alpha value is -2.22. The van der Waals surface area contributed by atoms with Gasteiger partial charge in [-0.2, -0.15) is 0 Å². The number of nitro benzene ring substituents is 2. The highest BCUT2D eigenvalue weighted by molar-refractivity contribution is 5.67. The van der Waals surface area contributed by atoms with E-state index in [1.165, 1.54) is 17.0 Å². The highest BCUT2D eigenvalue weighted by atomic mass is 16.6. The van der Waals surface area contributed by atoms with Gasteiger partial charge in [0.1, 0.15) is 5.69 Å². The molecular formula is C11H15N3O5. The number of benzene rings is 1. The van der Waals surface area contributed by atoms with Gasteiger partial charge in [-0.1, -0.05) is 0 Å². The van der Waals surface area contributed by atoms with Gasteiger partial charge in [-0.25, -0.2) is 0 Å². The van der Waals surface area contributed by atoms with Crippen molar-refractivity contribution >= 4 is 17.1 Å². The first-order valence-corrected chi connectivity index (χ1v) is 5.48. The number of nitrogens with zero attached hydrogens (tertiary/aromatic N) is 3. The van der Waals surface area contributed by atoms with Crippen LogP contribution in [0.3, 0.4) is 0 Å². The molecule has 0 aliphatic rings. The van der Waals surface area contributed by atoms with E-state index < -0.39 is 15.4 Å². The van der Waals surface area contributed by atoms with Crippen LogP contribution < -0.4 is 4.90 Å². The van der Waals surface area contributed by atoms with Gasteiger partial charge in [0.15, 0.2) is 0 Å². The molecule has 1 rings (SSSR count). The van der Waals surface area contributed by atoms with Crippen LogP contribution in [-0.4, -0.2) is 34.1 Å². The molecule has 0 saturated carbocycles. The Kier molecular flexibility index (Phi) is 4.05. The summed E-state index contributed by atoms with van der Waals surface area (Å²) in [5.74, 6) is 0. The van der Waals surface area contributed by atoms with Crippen LogP contribution in [0, 0.1) is 20.2 Å². The van der Waals surface area contributed by atoms with E-state index in [-0.39, 0.29) is 23.7 Å². The van der Waals surface area contributed by atoms with Crippen molar-refractivity contribution in [1.82, 2.24) is 0 Å². The maximum Gasteiger partial charge on any atom is 0.299 e. The fourth-order valence-corrected chi connectivity index (χ4v) is 1.49. The lowest BCUT2D eigenvalue weighted by atomic mass is 10.0. The summed E-state index contributed by atoms with van der Waals surface area (Å²) < 4.78 is 0. The number of rotatable bonds is 5. The minimum atomic E-state index is -0.721. The molecule has 0 aliphatic heterocycles. The first kappa shape index (κ1) is 14.8. The first-order valence-electron chi connectivity index (χ1n) is 5.48. The highest BCUT2D eigenvalue weighted by Gasteiger charge is 2.29. The van der Waals surface area contributed by atoms with Gasteiger partial charge >= 0.3 is 0 Å². The van der Waals surface area contributed by atoms with Crippen LogP contribution >= 0.6 is 0 Å². The maximum atomic E-state index is 11.0. The largest absolute Gasteiger partial charge is 0.394 e. The second-order valence-corrected chi connectivity index (χ2v) is 4.72. The Labute approximate surface area is 109 Å². The summed E-state index contributed by atoms with van der Waals surface area (Å²) in [6.07, 6.45) is 0. The fourth-order valence-electron chi connectivity index (χ4n) is 1.49. The zero-order valence-electron chi connectivity index (χ0n) is 10.9. The molecule has 8 heteroatoms. The minimum Gasteiger partial charge on any atom is -0.394 e. The molecule has 0 heterocycles. The molecule has 0 aromatic heterocycles. The van der Waals surface area contributed by atoms with Gasteiger partial charge in [0.2, 0.25) is 0 Å². The molecular weight excluding hydrogens is 254 g/mol. The van der Waals surface area contributed by atoms with Gasteiger partial charge in [-0.15, -0.1) is 0 Å². The lowest BCUT2D eigenvalue weighted by molar-refractivity contribution is -0.393. The van der Waals surface area contributed by atoms with Gasteiger partial charge in [-0.05, 0) is 19.9 Å². The van der Waals surface area contributed by atoms with Crippen molar-refractivity contribution in [2.24, 2.45) is 0 Å². The van der Waals surface area contributed by atoms with Crippen LogP contribution in [0.25, 0.3) is 0 Å². The predicted molar refractivity (Wildman–Crippen MR) is 69.3 cm³/mol. The molecule has 0 radical (unpaired) electrons. The molecule has 0 aliphatic carbocycles. The normalized spacial score (nSPS) is 11.2. The van der Waals surface area contributed by atoms with E-state index in [1.807, 2.05) is 0 Å². The van der Waals surface area contributed by atoms with Crippen molar-refractivity contribution < 1.29 is 15.0 Å². The molecule has 19 heavy (non-hydrogen) atoms. The number of aliphatic hydroxyl groups excluding tert-OH is 1. The maximum absolute atomic E-state index is 11.0. The quantitative estimate of drug-likeness (QED) is 0.643. The lowest BCUT2D eigenvalue weighted by Crippen LogP contribution is -2.44. The summed E-state index contributed by atoms with van der Waals surface area (Å²) in [4.78, 5) is 21.8. The third-order valence-electron chi connectivity index (χ3n) is 3.02. The average molecular weight is 269 g/mol. The number of hydrogen-bond donors (Lipinski definition) is 1. The van der Waals surface area contributed by atoms with E-state index in [9.17, 15) is 25.3 Å². The number of anilines is 1. The standard InChI is InChI=1S/C11H15N3O5/c1-11(2,7-15)12(3)9-5-4-8(13(16)17)6-10(9)14(18)19/h4-6,15H,7H2,1-3H3. The molecule has 0 atom stereocenters. The van der Waals surface area contributed by atoms with Crippen LogP contribution in [0.5, 0.6) is 0 Å². The molecule has 1 aromatic rings. The summed E-state index contributed by atoms with van der Waals surface area (Å²) in [5.41, 5.74) is -1.21. The topological polar surface area (TPSA) is 110 Å². The molecule has 8 nitrogen and oxygen atoms in total. The predicted octanol–water partition coefficient (Wildman–Crippen LogP) is 1.71. The van der Waals surface area contributed by atoms with Crippen molar-refractivity contribution in [3.63, 3.8) is 0 Å². The number of aliphatic hydroxyl groups is 1. The van der Waals surface area contributed by atoms with Crippen LogP contribution in [-0.2, 0) is 0 Å². The van der Waals surface area contributed by atoms with E-state index in [1.54, 1.807) is 20.9 Å². The van der Waals surface area contributed by atoms with Crippen molar-refractivity contribution in [1.29, 1.82) is 0 Å². The molecule has 0 unspecified atom stereocenters. The Morgan fingerprint density at radius 2 is 1.84 bits per heavy atom. The SMILES string of the molecule is CN(c1ccc([N+](=O)[O-])cc1[N+](=O)[O-])C(C)(C)CO. The molecule has 0 spiro atoms. The molecule has 0 fully saturated rings. The van der Waals surface area contributed by atoms with Crippen LogP contribution in [0.4, 0.5) is 17.1 Å². The van der Waals surface area contributed by atoms with Crippen LogP contribution in [0.15, 0.2) is 18.2 Å². The van der Waals surface area contributed by atoms with Crippen LogP contribution in [0.1, 0.15) is 13.8 Å². The molecule has 1 aromatic carbocycles. The molecule has 0 amide bonds. The Morgan fingerprint density at radius 1 is 1.26 bits per heavy atom. The zero-order valence-corrected chi connectivity index (χ0v) is 10.9. The molecule has 0 bridgehead atoms. The van der Waals surface area contributed by atoms with Crippen LogP contribution in [0.2, 0.25) is 0 Å². The Morgan fingerprint density at radius 3 is 2.26 bits per heavy atom. The number of nitro groups is 2. The average Bonchev–Trinajstić information content (AvgIpc) is 2.36. The summed E-state index contributed by atoms with van der Waals surface area (Å²) in [7, 11) is 1.59. The number of hydrogen-bond acceptors (Lipinski definition) is 6. The van der Waals surface area contributed by atoms with Crippen molar-refractivity contribution in [3.05, 3.63) is 38.4 Å². The van der Waals surface area contributed by atoms with Gasteiger partial charge in [-0.3, -0.25) is 20.2 Å². The smallest absolute Gasteiger partial charge is 0.299 e. The summed E-state index contributed by atoms with van der Waals surface area (Å²) in [5, 5.41) is 30.9. The van der Waals surface area contributed by atoms with Gasteiger partial charge < -0.3 is 10.0 Å².